The van der Waals surface area contributed by atoms with Gasteiger partial charge in [-0.15, -0.1) is 0 Å². The molecule has 0 bridgehead atoms. The Balaban J connectivity index is 1.91. The number of esters is 1. The Kier molecular flexibility index (Phi) is 4.36. The van der Waals surface area contributed by atoms with Crippen molar-refractivity contribution < 1.29 is 14.5 Å². The summed E-state index contributed by atoms with van der Waals surface area (Å²) in [6.07, 6.45) is 3.61. The number of nitrogens with zero attached hydrogens (tertiary/aromatic N) is 1. The van der Waals surface area contributed by atoms with Gasteiger partial charge in [0, 0.05) is 22.9 Å². The van der Waals surface area contributed by atoms with Crippen LogP contribution in [0.2, 0.25) is 0 Å². The highest BCUT2D eigenvalue weighted by molar-refractivity contribution is 9.10. The van der Waals surface area contributed by atoms with Gasteiger partial charge in [0.25, 0.3) is 5.69 Å². The van der Waals surface area contributed by atoms with Crippen molar-refractivity contribution in [3.8, 4) is 0 Å². The Morgan fingerprint density at radius 3 is 2.50 bits per heavy atom. The van der Waals surface area contributed by atoms with Crippen LogP contribution in [0.3, 0.4) is 0 Å². The molecule has 0 aromatic heterocycles. The lowest BCUT2D eigenvalue weighted by atomic mass is 9.82. The molecule has 0 unspecified atom stereocenters. The van der Waals surface area contributed by atoms with Crippen LogP contribution in [0.15, 0.2) is 30.3 Å². The predicted octanol–water partition coefficient (Wildman–Crippen LogP) is 3.84. The molecule has 7 heteroatoms. The van der Waals surface area contributed by atoms with Gasteiger partial charge in [0.05, 0.1) is 15.3 Å². The van der Waals surface area contributed by atoms with E-state index in [-0.39, 0.29) is 28.5 Å². The second kappa shape index (κ2) is 6.12. The van der Waals surface area contributed by atoms with Crippen LogP contribution in [0, 0.1) is 16.0 Å². The van der Waals surface area contributed by atoms with E-state index in [0.717, 1.165) is 12.8 Å². The van der Waals surface area contributed by atoms with Gasteiger partial charge in [-0.3, -0.25) is 10.1 Å². The number of ether oxygens (including phenoxy) is 1. The van der Waals surface area contributed by atoms with Crippen LogP contribution in [-0.4, -0.2) is 26.7 Å². The third-order valence-electron chi connectivity index (χ3n) is 4.02. The number of hydrogen-bond donors (Lipinski definition) is 0. The standard InChI is InChI=1S/C15H13Br2NO4/c16-10-5-9-6-12(15(19)22-14(9)13(17)7-10)8-1-3-11(4-2-8)18(20)21/h1-4,6,9-10,13-14H,5,7H2/t9-,10-,13+,14-/m1/s1. The lowest BCUT2D eigenvalue weighted by Gasteiger charge is -2.38. The van der Waals surface area contributed by atoms with Crippen molar-refractivity contribution in [2.24, 2.45) is 5.92 Å². The van der Waals surface area contributed by atoms with Crippen molar-refractivity contribution in [3.05, 3.63) is 46.0 Å². The molecule has 0 radical (unpaired) electrons. The molecular weight excluding hydrogens is 418 g/mol. The van der Waals surface area contributed by atoms with Crippen molar-refractivity contribution in [1.82, 2.24) is 0 Å². The van der Waals surface area contributed by atoms with Crippen LogP contribution >= 0.6 is 31.9 Å². The molecule has 5 nitrogen and oxygen atoms in total. The molecule has 1 aromatic rings. The first-order chi connectivity index (χ1) is 10.5. The zero-order chi connectivity index (χ0) is 15.9. The first-order valence-corrected chi connectivity index (χ1v) is 8.74. The minimum absolute atomic E-state index is 0.00474. The number of rotatable bonds is 2. The molecule has 0 spiro atoms. The summed E-state index contributed by atoms with van der Waals surface area (Å²) < 4.78 is 5.59. The molecular formula is C15H13Br2NO4. The molecule has 4 atom stereocenters. The summed E-state index contributed by atoms with van der Waals surface area (Å²) in [5, 5.41) is 10.7. The smallest absolute Gasteiger partial charge is 0.338 e. The third kappa shape index (κ3) is 2.96. The van der Waals surface area contributed by atoms with Gasteiger partial charge in [-0.2, -0.15) is 0 Å². The van der Waals surface area contributed by atoms with E-state index < -0.39 is 4.92 Å². The summed E-state index contributed by atoms with van der Waals surface area (Å²) >= 11 is 7.22. The van der Waals surface area contributed by atoms with Gasteiger partial charge in [-0.05, 0) is 30.5 Å². The van der Waals surface area contributed by atoms with Crippen LogP contribution in [-0.2, 0) is 9.53 Å². The average molecular weight is 431 g/mol. The first kappa shape index (κ1) is 15.7. The number of carbonyl (C=O) groups excluding carboxylic acids is 1. The van der Waals surface area contributed by atoms with E-state index in [2.05, 4.69) is 31.9 Å². The van der Waals surface area contributed by atoms with E-state index >= 15 is 0 Å². The van der Waals surface area contributed by atoms with Crippen molar-refractivity contribution in [3.63, 3.8) is 0 Å². The largest absolute Gasteiger partial charge is 0.457 e. The number of nitro groups is 1. The fourth-order valence-corrected chi connectivity index (χ4v) is 5.23. The molecule has 1 saturated carbocycles. The number of benzene rings is 1. The van der Waals surface area contributed by atoms with E-state index in [1.54, 1.807) is 12.1 Å². The van der Waals surface area contributed by atoms with Crippen LogP contribution in [0.25, 0.3) is 5.57 Å². The SMILES string of the molecule is O=C1O[C@H]2[C@@H](Br)C[C@H](Br)C[C@@H]2C=C1c1ccc([N+](=O)[O-])cc1. The zero-order valence-electron chi connectivity index (χ0n) is 11.4. The van der Waals surface area contributed by atoms with Gasteiger partial charge in [-0.1, -0.05) is 37.9 Å². The lowest BCUT2D eigenvalue weighted by molar-refractivity contribution is -0.384. The number of non-ortho nitro benzene ring substituents is 1. The Labute approximate surface area is 144 Å². The van der Waals surface area contributed by atoms with Crippen LogP contribution in [0.1, 0.15) is 18.4 Å². The predicted molar refractivity (Wildman–Crippen MR) is 89.1 cm³/mol. The monoisotopic (exact) mass is 429 g/mol. The van der Waals surface area contributed by atoms with Crippen molar-refractivity contribution in [2.45, 2.75) is 28.6 Å². The maximum atomic E-state index is 12.2. The number of carbonyl (C=O) groups is 1. The summed E-state index contributed by atoms with van der Waals surface area (Å²) in [7, 11) is 0. The fourth-order valence-electron chi connectivity index (χ4n) is 2.94. The highest BCUT2D eigenvalue weighted by Crippen LogP contribution is 2.40. The number of fused-ring (bicyclic) bond motifs is 1. The Hall–Kier alpha value is -1.21. The van der Waals surface area contributed by atoms with E-state index in [1.165, 1.54) is 12.1 Å². The molecule has 116 valence electrons. The number of nitro benzene ring substituents is 1. The fraction of sp³-hybridized carbons (Fsp3) is 0.400. The lowest BCUT2D eigenvalue weighted by Crippen LogP contribution is -2.43. The van der Waals surface area contributed by atoms with Gasteiger partial charge in [0.15, 0.2) is 0 Å². The number of halogens is 2. The molecule has 1 aliphatic heterocycles. The molecule has 2 aliphatic rings. The van der Waals surface area contributed by atoms with Crippen LogP contribution in [0.4, 0.5) is 5.69 Å². The van der Waals surface area contributed by atoms with Gasteiger partial charge in [0.2, 0.25) is 0 Å². The minimum atomic E-state index is -0.459. The van der Waals surface area contributed by atoms with Crippen molar-refractivity contribution >= 4 is 49.1 Å². The molecule has 1 heterocycles. The highest BCUT2D eigenvalue weighted by atomic mass is 79.9. The number of hydrogen-bond acceptors (Lipinski definition) is 4. The summed E-state index contributed by atoms with van der Waals surface area (Å²) in [5.41, 5.74) is 1.14. The van der Waals surface area contributed by atoms with E-state index in [1.807, 2.05) is 6.08 Å². The second-order valence-electron chi connectivity index (χ2n) is 5.50. The molecule has 0 saturated heterocycles. The molecule has 22 heavy (non-hydrogen) atoms. The topological polar surface area (TPSA) is 69.4 Å². The maximum absolute atomic E-state index is 12.2. The summed E-state index contributed by atoms with van der Waals surface area (Å²) in [5.74, 6) is -0.224. The van der Waals surface area contributed by atoms with Gasteiger partial charge in [-0.25, -0.2) is 4.79 Å². The zero-order valence-corrected chi connectivity index (χ0v) is 14.6. The second-order valence-corrected chi connectivity index (χ2v) is 7.97. The number of alkyl halides is 2. The molecule has 1 aliphatic carbocycles. The summed E-state index contributed by atoms with van der Waals surface area (Å²) in [4.78, 5) is 23.0. The maximum Gasteiger partial charge on any atom is 0.338 e. The van der Waals surface area contributed by atoms with Crippen LogP contribution in [0.5, 0.6) is 0 Å². The van der Waals surface area contributed by atoms with E-state index in [4.69, 9.17) is 4.74 Å². The highest BCUT2D eigenvalue weighted by Gasteiger charge is 2.41. The summed E-state index contributed by atoms with van der Waals surface area (Å²) in [6, 6.07) is 5.98. The minimum Gasteiger partial charge on any atom is -0.457 e. The van der Waals surface area contributed by atoms with E-state index in [9.17, 15) is 14.9 Å². The van der Waals surface area contributed by atoms with Crippen molar-refractivity contribution in [1.29, 1.82) is 0 Å². The van der Waals surface area contributed by atoms with Crippen molar-refractivity contribution in [2.75, 3.05) is 0 Å². The Morgan fingerprint density at radius 1 is 1.18 bits per heavy atom. The molecule has 1 fully saturated rings. The van der Waals surface area contributed by atoms with E-state index in [0.29, 0.717) is 16.0 Å². The quantitative estimate of drug-likeness (QED) is 0.309. The normalized spacial score (nSPS) is 31.0. The first-order valence-electron chi connectivity index (χ1n) is 6.91. The molecule has 0 amide bonds. The Morgan fingerprint density at radius 2 is 1.86 bits per heavy atom. The van der Waals surface area contributed by atoms with Gasteiger partial charge in [0.1, 0.15) is 6.10 Å². The Bertz CT molecular complexity index is 643. The van der Waals surface area contributed by atoms with Gasteiger partial charge >= 0.3 is 5.97 Å². The molecule has 1 aromatic carbocycles. The van der Waals surface area contributed by atoms with Crippen LogP contribution < -0.4 is 0 Å². The third-order valence-corrected chi connectivity index (χ3v) is 5.66. The average Bonchev–Trinajstić information content (AvgIpc) is 2.47. The molecule has 3 rings (SSSR count). The molecule has 0 N–H and O–H groups in total. The van der Waals surface area contributed by atoms with Gasteiger partial charge < -0.3 is 4.74 Å². The summed E-state index contributed by atoms with van der Waals surface area (Å²) in [6.45, 7) is 0.